The van der Waals surface area contributed by atoms with E-state index in [1.54, 1.807) is 29.3 Å². The van der Waals surface area contributed by atoms with Gasteiger partial charge in [0, 0.05) is 14.3 Å². The van der Waals surface area contributed by atoms with Crippen LogP contribution in [0.5, 0.6) is 11.5 Å². The van der Waals surface area contributed by atoms with E-state index < -0.39 is 0 Å². The van der Waals surface area contributed by atoms with E-state index in [9.17, 15) is 9.90 Å². The summed E-state index contributed by atoms with van der Waals surface area (Å²) in [6.07, 6.45) is 8.56. The molecule has 10 heteroatoms. The summed E-state index contributed by atoms with van der Waals surface area (Å²) >= 11 is 10.3. The fourth-order valence-electron chi connectivity index (χ4n) is 5.85. The standard InChI is InChI=1S/C10H17Br.C10H16O.C9H11BBrO2.C9H11BrO.CH4.H2O2/c2*1-8-5-4-6-10(2,3)9(8)7-11;1-6(2)7-3-8(11)5-9(4-7)13-10-12;1-6(2)7-3-8(10)5-9(11)4-7;;1-2/h4-7H2,1-3H3;7H,4-6H2,1-3H3;3-6,12H,1-2H3;3-6,11H,1-2H3;1H4;1-2H. The Hall–Kier alpha value is -1.43. The van der Waals surface area contributed by atoms with Gasteiger partial charge in [0.2, 0.25) is 0 Å². The van der Waals surface area contributed by atoms with Crippen LogP contribution in [-0.2, 0) is 4.79 Å². The molecule has 0 heterocycles. The van der Waals surface area contributed by atoms with E-state index in [1.807, 2.05) is 18.2 Å². The lowest BCUT2D eigenvalue weighted by atomic mass is 9.73. The quantitative estimate of drug-likeness (QED) is 0.0575. The number of hydrogen-bond donors (Lipinski definition) is 4. The Morgan fingerprint density at radius 2 is 1.29 bits per heavy atom. The zero-order valence-corrected chi connectivity index (χ0v) is 35.2. The van der Waals surface area contributed by atoms with E-state index in [2.05, 4.69) is 117 Å². The molecule has 0 aromatic heterocycles. The lowest BCUT2D eigenvalue weighted by molar-refractivity contribution is -0.176. The molecule has 0 atom stereocenters. The summed E-state index contributed by atoms with van der Waals surface area (Å²) in [6, 6.07) is 11.2. The third-order valence-electron chi connectivity index (χ3n) is 8.80. The number of aldehydes is 1. The maximum Gasteiger partial charge on any atom is 0.569 e. The topological polar surface area (TPSA) is 107 Å². The molecule has 277 valence electrons. The van der Waals surface area contributed by atoms with E-state index in [0.29, 0.717) is 36.4 Å². The van der Waals surface area contributed by atoms with Gasteiger partial charge in [0.25, 0.3) is 0 Å². The van der Waals surface area contributed by atoms with Gasteiger partial charge >= 0.3 is 7.69 Å². The van der Waals surface area contributed by atoms with Gasteiger partial charge in [-0.25, -0.2) is 0 Å². The maximum atomic E-state index is 10.7. The van der Waals surface area contributed by atoms with Crippen LogP contribution in [0.3, 0.4) is 0 Å². The van der Waals surface area contributed by atoms with Crippen LogP contribution >= 0.6 is 47.8 Å². The summed E-state index contributed by atoms with van der Waals surface area (Å²) in [5.74, 6) is 1.86. The predicted octanol–water partition coefficient (Wildman–Crippen LogP) is 13.0. The maximum absolute atomic E-state index is 10.7. The number of allylic oxidation sites excluding steroid dienone is 4. The molecule has 2 aliphatic carbocycles. The average Bonchev–Trinajstić information content (AvgIpc) is 2.98. The summed E-state index contributed by atoms with van der Waals surface area (Å²) in [4.78, 5) is 10.7. The SMILES string of the molecule is C.CC(C)c1cc(Br)cc(O[B]O)c1.CC(C)c1cc(O)cc(Br)c1.CC1=C(C=O)C(C)(C)CCC1.CC1=C(CBr)C(C)(C)CCC1.OO. The Labute approximate surface area is 323 Å². The number of rotatable bonds is 6. The van der Waals surface area contributed by atoms with Crippen LogP contribution in [0.15, 0.2) is 67.6 Å². The Kier molecular flexibility index (Phi) is 25.1. The van der Waals surface area contributed by atoms with E-state index in [-0.39, 0.29) is 12.8 Å². The summed E-state index contributed by atoms with van der Waals surface area (Å²) in [6.45, 7) is 21.8. The Bertz CT molecular complexity index is 1320. The molecule has 2 aromatic rings. The van der Waals surface area contributed by atoms with Crippen molar-refractivity contribution in [2.75, 3.05) is 5.33 Å². The third-order valence-corrected chi connectivity index (χ3v) is 10.3. The highest BCUT2D eigenvalue weighted by Gasteiger charge is 2.28. The van der Waals surface area contributed by atoms with Gasteiger partial charge in [0.1, 0.15) is 17.8 Å². The van der Waals surface area contributed by atoms with Crippen LogP contribution in [0.25, 0.3) is 0 Å². The van der Waals surface area contributed by atoms with E-state index in [4.69, 9.17) is 20.2 Å². The highest BCUT2D eigenvalue weighted by molar-refractivity contribution is 9.10. The highest BCUT2D eigenvalue weighted by Crippen LogP contribution is 2.41. The number of phenolic OH excluding ortho intramolecular Hbond substituents is 1. The molecule has 0 bridgehead atoms. The van der Waals surface area contributed by atoms with Crippen LogP contribution in [0, 0.1) is 10.8 Å². The molecular formula is C39H61BBr3O6. The number of carbonyl (C=O) groups is 1. The second-order valence-corrected chi connectivity index (χ2v) is 16.6. The zero-order valence-electron chi connectivity index (χ0n) is 30.5. The van der Waals surface area contributed by atoms with Crippen molar-refractivity contribution in [3.05, 3.63) is 78.8 Å². The number of alkyl halides is 1. The van der Waals surface area contributed by atoms with Crippen LogP contribution in [-0.4, -0.2) is 39.9 Å². The highest BCUT2D eigenvalue weighted by atomic mass is 79.9. The lowest BCUT2D eigenvalue weighted by Gasteiger charge is -2.33. The van der Waals surface area contributed by atoms with Gasteiger partial charge in [-0.15, -0.1) is 0 Å². The van der Waals surface area contributed by atoms with Crippen molar-refractivity contribution < 1.29 is 30.1 Å². The first-order valence-corrected chi connectivity index (χ1v) is 19.1. The van der Waals surface area contributed by atoms with E-state index in [0.717, 1.165) is 44.5 Å². The fraction of sp³-hybridized carbons (Fsp3) is 0.564. The molecule has 4 N–H and O–H groups in total. The van der Waals surface area contributed by atoms with Crippen molar-refractivity contribution in [1.29, 1.82) is 0 Å². The number of hydrogen-bond acceptors (Lipinski definition) is 6. The van der Waals surface area contributed by atoms with Crippen molar-refractivity contribution in [3.63, 3.8) is 0 Å². The summed E-state index contributed by atoms with van der Waals surface area (Å²) in [7, 11) is 0.686. The summed E-state index contributed by atoms with van der Waals surface area (Å²) < 4.78 is 6.76. The smallest absolute Gasteiger partial charge is 0.537 e. The molecule has 0 saturated heterocycles. The first-order chi connectivity index (χ1) is 22.4. The molecule has 0 spiro atoms. The second kappa shape index (κ2) is 24.7. The van der Waals surface area contributed by atoms with Gasteiger partial charge in [-0.3, -0.25) is 15.3 Å². The molecule has 0 unspecified atom stereocenters. The Balaban J connectivity index is 0. The van der Waals surface area contributed by atoms with Gasteiger partial charge in [0.05, 0.1) is 0 Å². The lowest BCUT2D eigenvalue weighted by Crippen LogP contribution is -2.21. The number of halogens is 3. The monoisotopic (exact) mass is 873 g/mol. The van der Waals surface area contributed by atoms with E-state index in [1.165, 1.54) is 36.8 Å². The second-order valence-electron chi connectivity index (χ2n) is 14.2. The Morgan fingerprint density at radius 1 is 0.816 bits per heavy atom. The van der Waals surface area contributed by atoms with Crippen molar-refractivity contribution in [2.45, 2.75) is 127 Å². The van der Waals surface area contributed by atoms with Gasteiger partial charge in [-0.2, -0.15) is 0 Å². The molecule has 0 saturated carbocycles. The first-order valence-electron chi connectivity index (χ1n) is 16.4. The van der Waals surface area contributed by atoms with Crippen molar-refractivity contribution in [3.8, 4) is 11.5 Å². The summed E-state index contributed by atoms with van der Waals surface area (Å²) in [5.41, 5.74) is 8.46. The normalized spacial score (nSPS) is 15.9. The van der Waals surface area contributed by atoms with Crippen LogP contribution < -0.4 is 4.65 Å². The minimum absolute atomic E-state index is 0. The largest absolute Gasteiger partial charge is 0.569 e. The number of aromatic hydroxyl groups is 1. The van der Waals surface area contributed by atoms with Gasteiger partial charge in [0.15, 0.2) is 0 Å². The minimum Gasteiger partial charge on any atom is -0.537 e. The van der Waals surface area contributed by atoms with Gasteiger partial charge < -0.3 is 14.8 Å². The van der Waals surface area contributed by atoms with Crippen molar-refractivity contribution >= 4 is 61.8 Å². The fourth-order valence-corrected chi connectivity index (χ4v) is 8.08. The van der Waals surface area contributed by atoms with Gasteiger partial charge in [-0.05, 0) is 128 Å². The van der Waals surface area contributed by atoms with Gasteiger partial charge in [-0.1, -0.05) is 127 Å². The van der Waals surface area contributed by atoms with Crippen LogP contribution in [0.1, 0.15) is 138 Å². The van der Waals surface area contributed by atoms with E-state index >= 15 is 0 Å². The number of phenols is 1. The molecule has 4 rings (SSSR count). The van der Waals surface area contributed by atoms with Crippen molar-refractivity contribution in [1.82, 2.24) is 0 Å². The van der Waals surface area contributed by atoms with Crippen molar-refractivity contribution in [2.24, 2.45) is 10.8 Å². The molecule has 0 aliphatic heterocycles. The molecule has 49 heavy (non-hydrogen) atoms. The molecule has 6 nitrogen and oxygen atoms in total. The summed E-state index contributed by atoms with van der Waals surface area (Å²) in [5, 5.41) is 30.8. The average molecular weight is 876 g/mol. The number of benzene rings is 2. The van der Waals surface area contributed by atoms with Crippen LogP contribution in [0.2, 0.25) is 0 Å². The van der Waals surface area contributed by atoms with Crippen LogP contribution in [0.4, 0.5) is 0 Å². The zero-order chi connectivity index (χ0) is 37.2. The number of carbonyl (C=O) groups excluding carboxylic acids is 1. The first kappa shape index (κ1) is 49.7. The molecular weight excluding hydrogens is 815 g/mol. The Morgan fingerprint density at radius 3 is 1.65 bits per heavy atom. The molecule has 0 amide bonds. The minimum atomic E-state index is 0. The molecule has 1 radical (unpaired) electrons. The predicted molar refractivity (Wildman–Crippen MR) is 219 cm³/mol. The molecule has 0 fully saturated rings. The molecule has 2 aliphatic rings. The molecule has 2 aromatic carbocycles. The third kappa shape index (κ3) is 18.1.